The van der Waals surface area contributed by atoms with Gasteiger partial charge in [-0.05, 0) is 49.7 Å². The highest BCUT2D eigenvalue weighted by Crippen LogP contribution is 2.28. The van der Waals surface area contributed by atoms with Crippen LogP contribution < -0.4 is 16.0 Å². The maximum Gasteiger partial charge on any atom is 0.319 e. The van der Waals surface area contributed by atoms with E-state index in [-0.39, 0.29) is 5.91 Å². The lowest BCUT2D eigenvalue weighted by atomic mass is 9.88. The van der Waals surface area contributed by atoms with Gasteiger partial charge in [0.05, 0.1) is 11.3 Å². The molecule has 148 valence electrons. The van der Waals surface area contributed by atoms with E-state index in [0.29, 0.717) is 36.2 Å². The number of primary amides is 1. The molecule has 5 heteroatoms. The van der Waals surface area contributed by atoms with Gasteiger partial charge < -0.3 is 11.1 Å². The number of urea groups is 1. The lowest BCUT2D eigenvalue weighted by Gasteiger charge is -2.30. The molecule has 0 aromatic heterocycles. The smallest absolute Gasteiger partial charge is 0.319 e. The summed E-state index contributed by atoms with van der Waals surface area (Å²) in [4.78, 5) is 26.6. The van der Waals surface area contributed by atoms with Crippen LogP contribution in [0.15, 0.2) is 24.3 Å². The predicted molar refractivity (Wildman–Crippen MR) is 109 cm³/mol. The van der Waals surface area contributed by atoms with Crippen molar-refractivity contribution in [3.63, 3.8) is 0 Å². The van der Waals surface area contributed by atoms with Crippen LogP contribution in [0.25, 0.3) is 0 Å². The fourth-order valence-electron chi connectivity index (χ4n) is 4.56. The molecule has 3 N–H and O–H groups in total. The zero-order valence-electron chi connectivity index (χ0n) is 16.3. The molecule has 0 bridgehead atoms. The number of rotatable bonds is 6. The van der Waals surface area contributed by atoms with Crippen LogP contribution in [0.2, 0.25) is 0 Å². The predicted octanol–water partition coefficient (Wildman–Crippen LogP) is 4.46. The largest absolute Gasteiger partial charge is 0.352 e. The highest BCUT2D eigenvalue weighted by molar-refractivity contribution is 6.04. The van der Waals surface area contributed by atoms with Crippen LogP contribution >= 0.6 is 0 Å². The van der Waals surface area contributed by atoms with Crippen LogP contribution in [-0.2, 0) is 0 Å². The number of anilines is 1. The normalized spacial score (nSPS) is 18.8. The van der Waals surface area contributed by atoms with Gasteiger partial charge in [-0.3, -0.25) is 9.69 Å². The summed E-state index contributed by atoms with van der Waals surface area (Å²) < 4.78 is 0. The minimum absolute atomic E-state index is 0.105. The molecular weight excluding hydrogens is 338 g/mol. The Kier molecular flexibility index (Phi) is 7.13. The maximum absolute atomic E-state index is 12.8. The van der Waals surface area contributed by atoms with Crippen LogP contribution in [0.1, 0.15) is 74.6 Å². The van der Waals surface area contributed by atoms with Gasteiger partial charge in [0, 0.05) is 13.1 Å². The molecule has 0 saturated heterocycles. The van der Waals surface area contributed by atoms with Gasteiger partial charge in [0.1, 0.15) is 0 Å². The molecule has 1 aromatic rings. The quantitative estimate of drug-likeness (QED) is 0.774. The molecule has 0 heterocycles. The summed E-state index contributed by atoms with van der Waals surface area (Å²) in [5, 5.41) is 3.09. The molecule has 27 heavy (non-hydrogen) atoms. The second-order valence-corrected chi connectivity index (χ2v) is 8.18. The standard InChI is InChI=1S/C22H33N3O2/c23-22(27)25(16-18-11-5-2-6-12-18)20-14-8-7-13-19(20)21(26)24-15-17-9-3-1-4-10-17/h7-8,13-14,17-18H,1-6,9-12,15-16H2,(H2,23,27)(H,24,26). The van der Waals surface area contributed by atoms with Crippen molar-refractivity contribution in [3.8, 4) is 0 Å². The number of nitrogens with one attached hydrogen (secondary N) is 1. The SMILES string of the molecule is NC(=O)N(CC1CCCCC1)c1ccccc1C(=O)NCC1CCCCC1. The van der Waals surface area contributed by atoms with Crippen molar-refractivity contribution >= 4 is 17.6 Å². The van der Waals surface area contributed by atoms with Gasteiger partial charge in [0.2, 0.25) is 0 Å². The van der Waals surface area contributed by atoms with Crippen molar-refractivity contribution in [3.05, 3.63) is 29.8 Å². The summed E-state index contributed by atoms with van der Waals surface area (Å²) >= 11 is 0. The second-order valence-electron chi connectivity index (χ2n) is 8.18. The lowest BCUT2D eigenvalue weighted by molar-refractivity contribution is 0.0944. The lowest BCUT2D eigenvalue weighted by Crippen LogP contribution is -2.41. The van der Waals surface area contributed by atoms with Crippen LogP contribution in [-0.4, -0.2) is 25.0 Å². The molecule has 0 unspecified atom stereocenters. The van der Waals surface area contributed by atoms with E-state index in [9.17, 15) is 9.59 Å². The first-order valence-corrected chi connectivity index (χ1v) is 10.6. The van der Waals surface area contributed by atoms with E-state index >= 15 is 0 Å². The van der Waals surface area contributed by atoms with Crippen molar-refractivity contribution in [2.45, 2.75) is 64.2 Å². The van der Waals surface area contributed by atoms with Crippen molar-refractivity contribution in [1.29, 1.82) is 0 Å². The first-order valence-electron chi connectivity index (χ1n) is 10.6. The minimum Gasteiger partial charge on any atom is -0.352 e. The van der Waals surface area contributed by atoms with E-state index in [4.69, 9.17) is 5.73 Å². The fraction of sp³-hybridized carbons (Fsp3) is 0.636. The molecule has 0 atom stereocenters. The Hall–Kier alpha value is -2.04. The minimum atomic E-state index is -0.479. The summed E-state index contributed by atoms with van der Waals surface area (Å²) in [5.74, 6) is 0.931. The van der Waals surface area contributed by atoms with E-state index in [0.717, 1.165) is 12.8 Å². The molecule has 2 saturated carbocycles. The Labute approximate surface area is 162 Å². The van der Waals surface area contributed by atoms with Crippen molar-refractivity contribution < 1.29 is 9.59 Å². The summed E-state index contributed by atoms with van der Waals surface area (Å²) in [7, 11) is 0. The van der Waals surface area contributed by atoms with Gasteiger partial charge in [-0.15, -0.1) is 0 Å². The molecule has 2 aliphatic rings. The average molecular weight is 372 g/mol. The Morgan fingerprint density at radius 2 is 1.52 bits per heavy atom. The molecule has 3 amide bonds. The second kappa shape index (κ2) is 9.77. The van der Waals surface area contributed by atoms with Gasteiger partial charge in [0.15, 0.2) is 0 Å². The van der Waals surface area contributed by atoms with Crippen molar-refractivity contribution in [2.75, 3.05) is 18.0 Å². The molecule has 1 aromatic carbocycles. The van der Waals surface area contributed by atoms with E-state index in [1.165, 1.54) is 51.4 Å². The fourth-order valence-corrected chi connectivity index (χ4v) is 4.56. The monoisotopic (exact) mass is 371 g/mol. The Morgan fingerprint density at radius 1 is 0.926 bits per heavy atom. The van der Waals surface area contributed by atoms with Crippen molar-refractivity contribution in [1.82, 2.24) is 5.32 Å². The third-order valence-corrected chi connectivity index (χ3v) is 6.15. The summed E-state index contributed by atoms with van der Waals surface area (Å²) in [6.45, 7) is 1.31. The molecule has 0 spiro atoms. The Bertz CT molecular complexity index is 634. The molecule has 3 rings (SSSR count). The van der Waals surface area contributed by atoms with Gasteiger partial charge in [-0.25, -0.2) is 4.79 Å². The zero-order chi connectivity index (χ0) is 19.1. The molecule has 0 radical (unpaired) electrons. The van der Waals surface area contributed by atoms with Gasteiger partial charge >= 0.3 is 6.03 Å². The molecule has 5 nitrogen and oxygen atoms in total. The van der Waals surface area contributed by atoms with Crippen LogP contribution in [0.3, 0.4) is 0 Å². The molecule has 2 aliphatic carbocycles. The zero-order valence-corrected chi connectivity index (χ0v) is 16.3. The van der Waals surface area contributed by atoms with Crippen molar-refractivity contribution in [2.24, 2.45) is 17.6 Å². The highest BCUT2D eigenvalue weighted by Gasteiger charge is 2.24. The third-order valence-electron chi connectivity index (χ3n) is 6.15. The van der Waals surface area contributed by atoms with Gasteiger partial charge in [0.25, 0.3) is 5.91 Å². The first-order chi connectivity index (χ1) is 13.1. The highest BCUT2D eigenvalue weighted by atomic mass is 16.2. The average Bonchev–Trinajstić information content (AvgIpc) is 2.71. The van der Waals surface area contributed by atoms with E-state index in [1.54, 1.807) is 11.0 Å². The number of hydrogen-bond donors (Lipinski definition) is 2. The summed E-state index contributed by atoms with van der Waals surface area (Å²) in [6.07, 6.45) is 12.1. The summed E-state index contributed by atoms with van der Waals surface area (Å²) in [5.41, 5.74) is 6.88. The number of nitrogens with zero attached hydrogens (tertiary/aromatic N) is 1. The van der Waals surface area contributed by atoms with E-state index in [2.05, 4.69) is 5.32 Å². The molecule has 2 fully saturated rings. The van der Waals surface area contributed by atoms with Crippen LogP contribution in [0.4, 0.5) is 10.5 Å². The van der Waals surface area contributed by atoms with Crippen LogP contribution in [0.5, 0.6) is 0 Å². The van der Waals surface area contributed by atoms with Gasteiger partial charge in [-0.2, -0.15) is 0 Å². The Balaban J connectivity index is 1.69. The third kappa shape index (κ3) is 5.47. The number of amides is 3. The topological polar surface area (TPSA) is 75.4 Å². The number of carbonyl (C=O) groups is 2. The Morgan fingerprint density at radius 3 is 2.15 bits per heavy atom. The number of para-hydroxylation sites is 1. The van der Waals surface area contributed by atoms with E-state index < -0.39 is 6.03 Å². The number of benzene rings is 1. The molecule has 0 aliphatic heterocycles. The first kappa shape index (κ1) is 19.7. The van der Waals surface area contributed by atoms with Gasteiger partial charge in [-0.1, -0.05) is 50.7 Å². The number of carbonyl (C=O) groups excluding carboxylic acids is 2. The summed E-state index contributed by atoms with van der Waals surface area (Å²) in [6, 6.07) is 6.86. The number of hydrogen-bond acceptors (Lipinski definition) is 2. The maximum atomic E-state index is 12.8. The number of nitrogens with two attached hydrogens (primary N) is 1. The molecular formula is C22H33N3O2. The van der Waals surface area contributed by atoms with E-state index in [1.807, 2.05) is 18.2 Å². The van der Waals surface area contributed by atoms with Crippen LogP contribution in [0, 0.1) is 11.8 Å².